The van der Waals surface area contributed by atoms with Crippen molar-refractivity contribution in [2.75, 3.05) is 0 Å². The molecule has 1 atom stereocenters. The molecule has 0 spiro atoms. The standard InChI is InChI=1S/C15H20N2O3/c1-9(2)15-16-14(17-20-15)8-19-13-6-5-10(3)7-12(13)11(4)18/h5-7,9,11,18H,8H2,1-4H3/t11-/m0/s1. The molecule has 5 heteroatoms. The van der Waals surface area contributed by atoms with Crippen LogP contribution in [0.5, 0.6) is 5.75 Å². The number of benzene rings is 1. The lowest BCUT2D eigenvalue weighted by molar-refractivity contribution is 0.189. The van der Waals surface area contributed by atoms with Crippen LogP contribution in [0.2, 0.25) is 0 Å². The third-order valence-corrected chi connectivity index (χ3v) is 2.95. The van der Waals surface area contributed by atoms with Gasteiger partial charge in [0.2, 0.25) is 11.7 Å². The zero-order valence-corrected chi connectivity index (χ0v) is 12.3. The Hall–Kier alpha value is -1.88. The molecule has 1 N–H and O–H groups in total. The average molecular weight is 276 g/mol. The van der Waals surface area contributed by atoms with Crippen molar-refractivity contribution in [3.63, 3.8) is 0 Å². The fourth-order valence-electron chi connectivity index (χ4n) is 1.83. The monoisotopic (exact) mass is 276 g/mol. The number of rotatable bonds is 5. The molecule has 0 aliphatic heterocycles. The Morgan fingerprint density at radius 2 is 2.05 bits per heavy atom. The van der Waals surface area contributed by atoms with E-state index in [1.807, 2.05) is 39.0 Å². The van der Waals surface area contributed by atoms with E-state index in [0.29, 0.717) is 17.5 Å². The maximum Gasteiger partial charge on any atom is 0.229 e. The van der Waals surface area contributed by atoms with Gasteiger partial charge >= 0.3 is 0 Å². The molecule has 1 heterocycles. The predicted molar refractivity (Wildman–Crippen MR) is 74.5 cm³/mol. The molecule has 20 heavy (non-hydrogen) atoms. The SMILES string of the molecule is Cc1ccc(OCc2noc(C(C)C)n2)c([C@H](C)O)c1. The van der Waals surface area contributed by atoms with Crippen molar-refractivity contribution in [1.82, 2.24) is 10.1 Å². The molecule has 1 aromatic carbocycles. The lowest BCUT2D eigenvalue weighted by Gasteiger charge is -2.13. The van der Waals surface area contributed by atoms with Crippen LogP contribution >= 0.6 is 0 Å². The number of hydrogen-bond donors (Lipinski definition) is 1. The molecule has 2 rings (SSSR count). The smallest absolute Gasteiger partial charge is 0.229 e. The number of aromatic nitrogens is 2. The molecule has 0 unspecified atom stereocenters. The predicted octanol–water partition coefficient (Wildman–Crippen LogP) is 3.13. The van der Waals surface area contributed by atoms with E-state index < -0.39 is 6.10 Å². The molecule has 0 fully saturated rings. The Balaban J connectivity index is 2.10. The summed E-state index contributed by atoms with van der Waals surface area (Å²) in [7, 11) is 0. The van der Waals surface area contributed by atoms with Crippen molar-refractivity contribution in [3.05, 3.63) is 41.0 Å². The molecule has 5 nitrogen and oxygen atoms in total. The summed E-state index contributed by atoms with van der Waals surface area (Å²) in [6.07, 6.45) is -0.582. The van der Waals surface area contributed by atoms with Crippen LogP contribution in [-0.4, -0.2) is 15.2 Å². The van der Waals surface area contributed by atoms with Crippen molar-refractivity contribution in [2.45, 2.75) is 46.3 Å². The van der Waals surface area contributed by atoms with Gasteiger partial charge in [0.05, 0.1) is 6.10 Å². The van der Waals surface area contributed by atoms with Gasteiger partial charge in [-0.25, -0.2) is 0 Å². The summed E-state index contributed by atoms with van der Waals surface area (Å²) in [6, 6.07) is 5.70. The maximum atomic E-state index is 9.77. The topological polar surface area (TPSA) is 68.4 Å². The normalized spacial score (nSPS) is 12.7. The van der Waals surface area contributed by atoms with E-state index in [0.717, 1.165) is 11.1 Å². The highest BCUT2D eigenvalue weighted by atomic mass is 16.5. The fourth-order valence-corrected chi connectivity index (χ4v) is 1.83. The molecule has 0 aliphatic rings. The van der Waals surface area contributed by atoms with E-state index in [2.05, 4.69) is 10.1 Å². The number of aliphatic hydroxyl groups is 1. The number of aliphatic hydroxyl groups excluding tert-OH is 1. The van der Waals surface area contributed by atoms with Crippen LogP contribution in [0.1, 0.15) is 55.6 Å². The molecule has 0 bridgehead atoms. The zero-order valence-electron chi connectivity index (χ0n) is 12.3. The lowest BCUT2D eigenvalue weighted by Crippen LogP contribution is -2.03. The minimum atomic E-state index is -0.582. The second-order valence-corrected chi connectivity index (χ2v) is 5.21. The molecule has 1 aromatic heterocycles. The van der Waals surface area contributed by atoms with Gasteiger partial charge in [-0.15, -0.1) is 0 Å². The van der Waals surface area contributed by atoms with E-state index in [1.165, 1.54) is 0 Å². The van der Waals surface area contributed by atoms with Crippen molar-refractivity contribution >= 4 is 0 Å². The Kier molecular flexibility index (Phi) is 4.39. The molecule has 0 radical (unpaired) electrons. The largest absolute Gasteiger partial charge is 0.485 e. The van der Waals surface area contributed by atoms with Gasteiger partial charge in [-0.05, 0) is 26.0 Å². The highest BCUT2D eigenvalue weighted by Crippen LogP contribution is 2.26. The van der Waals surface area contributed by atoms with Crippen molar-refractivity contribution in [1.29, 1.82) is 0 Å². The summed E-state index contributed by atoms with van der Waals surface area (Å²) >= 11 is 0. The van der Waals surface area contributed by atoms with E-state index >= 15 is 0 Å². The van der Waals surface area contributed by atoms with Gasteiger partial charge in [-0.2, -0.15) is 4.98 Å². The second-order valence-electron chi connectivity index (χ2n) is 5.21. The van der Waals surface area contributed by atoms with Gasteiger partial charge in [0.25, 0.3) is 0 Å². The van der Waals surface area contributed by atoms with Gasteiger partial charge in [-0.3, -0.25) is 0 Å². The zero-order chi connectivity index (χ0) is 14.7. The van der Waals surface area contributed by atoms with Crippen molar-refractivity contribution in [3.8, 4) is 5.75 Å². The molecule has 0 saturated heterocycles. The first kappa shape index (κ1) is 14.5. The highest BCUT2D eigenvalue weighted by molar-refractivity contribution is 5.38. The van der Waals surface area contributed by atoms with E-state index in [-0.39, 0.29) is 12.5 Å². The van der Waals surface area contributed by atoms with Crippen LogP contribution in [-0.2, 0) is 6.61 Å². The van der Waals surface area contributed by atoms with Gasteiger partial charge in [0.1, 0.15) is 5.75 Å². The summed E-state index contributed by atoms with van der Waals surface area (Å²) in [6.45, 7) is 7.89. The van der Waals surface area contributed by atoms with Crippen LogP contribution in [0.25, 0.3) is 0 Å². The van der Waals surface area contributed by atoms with Crippen molar-refractivity contribution in [2.24, 2.45) is 0 Å². The number of nitrogens with zero attached hydrogens (tertiary/aromatic N) is 2. The lowest BCUT2D eigenvalue weighted by atomic mass is 10.1. The van der Waals surface area contributed by atoms with Crippen LogP contribution < -0.4 is 4.74 Å². The third kappa shape index (κ3) is 3.36. The van der Waals surface area contributed by atoms with Crippen LogP contribution in [0.4, 0.5) is 0 Å². The number of hydrogen-bond acceptors (Lipinski definition) is 5. The fraction of sp³-hybridized carbons (Fsp3) is 0.467. The van der Waals surface area contributed by atoms with Gasteiger partial charge < -0.3 is 14.4 Å². The molecule has 0 amide bonds. The minimum Gasteiger partial charge on any atom is -0.485 e. The molecular formula is C15H20N2O3. The van der Waals surface area contributed by atoms with E-state index in [4.69, 9.17) is 9.26 Å². The van der Waals surface area contributed by atoms with Gasteiger partial charge in [0.15, 0.2) is 6.61 Å². The van der Waals surface area contributed by atoms with E-state index in [9.17, 15) is 5.11 Å². The summed E-state index contributed by atoms with van der Waals surface area (Å²) < 4.78 is 10.8. The molecular weight excluding hydrogens is 256 g/mol. The Morgan fingerprint density at radius 3 is 2.65 bits per heavy atom. The summed E-state index contributed by atoms with van der Waals surface area (Å²) in [5.41, 5.74) is 1.84. The van der Waals surface area contributed by atoms with Crippen molar-refractivity contribution < 1.29 is 14.4 Å². The van der Waals surface area contributed by atoms with E-state index in [1.54, 1.807) is 6.92 Å². The Morgan fingerprint density at radius 1 is 1.30 bits per heavy atom. The summed E-state index contributed by atoms with van der Waals surface area (Å²) in [4.78, 5) is 4.25. The molecule has 108 valence electrons. The summed E-state index contributed by atoms with van der Waals surface area (Å²) in [5, 5.41) is 13.6. The molecule has 2 aromatic rings. The molecule has 0 aliphatic carbocycles. The first-order chi connectivity index (χ1) is 9.47. The van der Waals surface area contributed by atoms with Gasteiger partial charge in [-0.1, -0.05) is 30.6 Å². The van der Waals surface area contributed by atoms with Crippen LogP contribution in [0.15, 0.2) is 22.7 Å². The number of aryl methyl sites for hydroxylation is 1. The average Bonchev–Trinajstić information content (AvgIpc) is 2.86. The highest BCUT2D eigenvalue weighted by Gasteiger charge is 2.13. The quantitative estimate of drug-likeness (QED) is 0.908. The first-order valence-corrected chi connectivity index (χ1v) is 6.71. The van der Waals surface area contributed by atoms with Crippen LogP contribution in [0, 0.1) is 6.92 Å². The summed E-state index contributed by atoms with van der Waals surface area (Å²) in [5.74, 6) is 1.94. The number of ether oxygens (including phenoxy) is 1. The Labute approximate surface area is 118 Å². The molecule has 0 saturated carbocycles. The maximum absolute atomic E-state index is 9.77. The van der Waals surface area contributed by atoms with Gasteiger partial charge in [0, 0.05) is 11.5 Å². The Bertz CT molecular complexity index is 576. The third-order valence-electron chi connectivity index (χ3n) is 2.95. The minimum absolute atomic E-state index is 0.198. The van der Waals surface area contributed by atoms with Crippen LogP contribution in [0.3, 0.4) is 0 Å². The second kappa shape index (κ2) is 6.05. The first-order valence-electron chi connectivity index (χ1n) is 6.71.